The van der Waals surface area contributed by atoms with E-state index < -0.39 is 9.84 Å². The van der Waals surface area contributed by atoms with Gasteiger partial charge in [-0.2, -0.15) is 4.73 Å². The predicted octanol–water partition coefficient (Wildman–Crippen LogP) is 2.47. The van der Waals surface area contributed by atoms with Gasteiger partial charge in [0.05, 0.1) is 12.4 Å². The number of pyridine rings is 1. The third-order valence-corrected chi connectivity index (χ3v) is 4.80. The number of ether oxygens (including phenoxy) is 1. The summed E-state index contributed by atoms with van der Waals surface area (Å²) in [5.41, 5.74) is 0.595. The number of hydrogen-bond acceptors (Lipinski definition) is 4. The average molecular weight is 321 g/mol. The fourth-order valence-corrected chi connectivity index (χ4v) is 3.39. The van der Waals surface area contributed by atoms with Crippen molar-refractivity contribution >= 4 is 9.84 Å². The molecule has 0 bridgehead atoms. The standard InChI is InChI=1S/C16H19NO4S/c1-2-3-11-21-15-8-6-7-14(12-15)13-22(19,20)16-9-4-5-10-17(16)18/h4-10,12H,2-3,11,13H2,1H3. The smallest absolute Gasteiger partial charge is 0.308 e. The Morgan fingerprint density at radius 3 is 2.73 bits per heavy atom. The fraction of sp³-hybridized carbons (Fsp3) is 0.312. The molecule has 0 saturated heterocycles. The van der Waals surface area contributed by atoms with Gasteiger partial charge in [0.25, 0.3) is 0 Å². The van der Waals surface area contributed by atoms with Gasteiger partial charge in [0, 0.05) is 12.1 Å². The average Bonchev–Trinajstić information content (AvgIpc) is 2.48. The van der Waals surface area contributed by atoms with Crippen molar-refractivity contribution in [2.45, 2.75) is 30.5 Å². The zero-order chi connectivity index (χ0) is 16.0. The second kappa shape index (κ2) is 7.26. The van der Waals surface area contributed by atoms with E-state index in [9.17, 15) is 13.6 Å². The molecule has 0 spiro atoms. The third kappa shape index (κ3) is 4.21. The summed E-state index contributed by atoms with van der Waals surface area (Å²) in [6.07, 6.45) is 3.16. The molecule has 1 aromatic carbocycles. The number of sulfone groups is 1. The van der Waals surface area contributed by atoms with Crippen LogP contribution in [0.4, 0.5) is 0 Å². The summed E-state index contributed by atoms with van der Waals surface area (Å²) in [5.74, 6) is 0.411. The topological polar surface area (TPSA) is 70.3 Å². The first-order chi connectivity index (χ1) is 10.5. The summed E-state index contributed by atoms with van der Waals surface area (Å²) in [6, 6.07) is 11.3. The molecule has 1 heterocycles. The Hall–Kier alpha value is -2.08. The summed E-state index contributed by atoms with van der Waals surface area (Å²) < 4.78 is 30.6. The first-order valence-corrected chi connectivity index (χ1v) is 8.81. The molecule has 0 atom stereocenters. The van der Waals surface area contributed by atoms with E-state index in [2.05, 4.69) is 6.92 Å². The summed E-state index contributed by atoms with van der Waals surface area (Å²) in [6.45, 7) is 2.68. The van der Waals surface area contributed by atoms with Crippen LogP contribution in [0.1, 0.15) is 25.3 Å². The highest BCUT2D eigenvalue weighted by atomic mass is 32.2. The molecule has 2 aromatic rings. The van der Waals surface area contributed by atoms with Crippen molar-refractivity contribution in [2.24, 2.45) is 0 Å². The van der Waals surface area contributed by atoms with Gasteiger partial charge >= 0.3 is 5.03 Å². The molecular formula is C16H19NO4S. The first kappa shape index (κ1) is 16.3. The van der Waals surface area contributed by atoms with Crippen LogP contribution in [0.5, 0.6) is 5.75 Å². The third-order valence-electron chi connectivity index (χ3n) is 3.13. The summed E-state index contributed by atoms with van der Waals surface area (Å²) in [4.78, 5) is 0. The van der Waals surface area contributed by atoms with Gasteiger partial charge in [-0.15, -0.1) is 0 Å². The number of unbranched alkanes of at least 4 members (excludes halogenated alkanes) is 1. The van der Waals surface area contributed by atoms with Gasteiger partial charge in [0.15, 0.2) is 6.20 Å². The minimum Gasteiger partial charge on any atom is -0.618 e. The predicted molar refractivity (Wildman–Crippen MR) is 83.1 cm³/mol. The maximum atomic E-state index is 12.3. The van der Waals surface area contributed by atoms with E-state index in [-0.39, 0.29) is 10.8 Å². The Morgan fingerprint density at radius 1 is 1.18 bits per heavy atom. The van der Waals surface area contributed by atoms with Gasteiger partial charge in [-0.3, -0.25) is 0 Å². The second-order valence-electron chi connectivity index (χ2n) is 4.97. The molecule has 0 N–H and O–H groups in total. The van der Waals surface area contributed by atoms with Crippen LogP contribution in [0.15, 0.2) is 53.7 Å². The molecule has 0 aliphatic rings. The maximum absolute atomic E-state index is 12.3. The van der Waals surface area contributed by atoms with Gasteiger partial charge < -0.3 is 9.94 Å². The van der Waals surface area contributed by atoms with Crippen molar-refractivity contribution in [1.29, 1.82) is 0 Å². The number of hydrogen-bond donors (Lipinski definition) is 0. The minimum atomic E-state index is -3.69. The summed E-state index contributed by atoms with van der Waals surface area (Å²) in [5, 5.41) is 11.4. The molecule has 5 nitrogen and oxygen atoms in total. The van der Waals surface area contributed by atoms with E-state index in [1.54, 1.807) is 24.3 Å². The summed E-state index contributed by atoms with van der Waals surface area (Å²) >= 11 is 0. The highest BCUT2D eigenvalue weighted by molar-refractivity contribution is 7.90. The number of nitrogens with zero attached hydrogens (tertiary/aromatic N) is 1. The molecule has 22 heavy (non-hydrogen) atoms. The van der Waals surface area contributed by atoms with Crippen LogP contribution in [0, 0.1) is 5.21 Å². The Balaban J connectivity index is 2.16. The normalized spacial score (nSPS) is 11.3. The molecule has 0 fully saturated rings. The Kier molecular flexibility index (Phi) is 5.38. The van der Waals surface area contributed by atoms with Crippen LogP contribution in [-0.4, -0.2) is 15.0 Å². The van der Waals surface area contributed by atoms with Crippen molar-refractivity contribution in [2.75, 3.05) is 6.61 Å². The van der Waals surface area contributed by atoms with Gasteiger partial charge in [-0.1, -0.05) is 25.5 Å². The monoisotopic (exact) mass is 321 g/mol. The molecule has 0 unspecified atom stereocenters. The molecule has 0 radical (unpaired) electrons. The molecule has 6 heteroatoms. The van der Waals surface area contributed by atoms with E-state index in [4.69, 9.17) is 4.74 Å². The lowest BCUT2D eigenvalue weighted by Crippen LogP contribution is -2.33. The summed E-state index contributed by atoms with van der Waals surface area (Å²) in [7, 11) is -3.69. The van der Waals surface area contributed by atoms with Gasteiger partial charge in [-0.05, 0) is 30.2 Å². The molecular weight excluding hydrogens is 302 g/mol. The van der Waals surface area contributed by atoms with Crippen LogP contribution in [0.3, 0.4) is 0 Å². The molecule has 118 valence electrons. The van der Waals surface area contributed by atoms with Crippen molar-refractivity contribution in [1.82, 2.24) is 0 Å². The lowest BCUT2D eigenvalue weighted by atomic mass is 10.2. The first-order valence-electron chi connectivity index (χ1n) is 7.15. The minimum absolute atomic E-state index is 0.232. The molecule has 0 aliphatic carbocycles. The zero-order valence-electron chi connectivity index (χ0n) is 12.4. The Bertz CT molecular complexity index is 728. The van der Waals surface area contributed by atoms with Crippen LogP contribution in [-0.2, 0) is 15.6 Å². The zero-order valence-corrected chi connectivity index (χ0v) is 13.3. The Morgan fingerprint density at radius 2 is 2.00 bits per heavy atom. The molecule has 0 saturated carbocycles. The van der Waals surface area contributed by atoms with Gasteiger partial charge in [0.1, 0.15) is 5.75 Å². The van der Waals surface area contributed by atoms with E-state index in [0.717, 1.165) is 12.8 Å². The van der Waals surface area contributed by atoms with Crippen LogP contribution < -0.4 is 9.47 Å². The highest BCUT2D eigenvalue weighted by Gasteiger charge is 2.23. The second-order valence-corrected chi connectivity index (χ2v) is 6.91. The largest absolute Gasteiger partial charge is 0.618 e. The van der Waals surface area contributed by atoms with E-state index in [0.29, 0.717) is 22.7 Å². The molecule has 0 aliphatic heterocycles. The van der Waals surface area contributed by atoms with Crippen molar-refractivity contribution in [3.63, 3.8) is 0 Å². The Labute approximate surface area is 130 Å². The molecule has 0 amide bonds. The highest BCUT2D eigenvalue weighted by Crippen LogP contribution is 2.18. The van der Waals surface area contributed by atoms with Crippen molar-refractivity contribution in [3.8, 4) is 5.75 Å². The van der Waals surface area contributed by atoms with Crippen LogP contribution in [0.25, 0.3) is 0 Å². The van der Waals surface area contributed by atoms with Gasteiger partial charge in [-0.25, -0.2) is 8.42 Å². The number of aromatic nitrogens is 1. The van der Waals surface area contributed by atoms with Crippen LogP contribution in [0.2, 0.25) is 0 Å². The lowest BCUT2D eigenvalue weighted by molar-refractivity contribution is -0.646. The number of rotatable bonds is 7. The fourth-order valence-electron chi connectivity index (χ4n) is 2.01. The van der Waals surface area contributed by atoms with Gasteiger partial charge in [0.2, 0.25) is 9.84 Å². The SMILES string of the molecule is CCCCOc1cccc(CS(=O)(=O)c2cccc[n+]2[O-])c1. The van der Waals surface area contributed by atoms with E-state index in [1.165, 1.54) is 24.4 Å². The molecule has 1 aromatic heterocycles. The quantitative estimate of drug-likeness (QED) is 0.446. The maximum Gasteiger partial charge on any atom is 0.308 e. The van der Waals surface area contributed by atoms with Crippen molar-refractivity contribution in [3.05, 3.63) is 59.4 Å². The lowest BCUT2D eigenvalue weighted by Gasteiger charge is -2.08. The van der Waals surface area contributed by atoms with Crippen molar-refractivity contribution < 1.29 is 17.9 Å². The van der Waals surface area contributed by atoms with Crippen LogP contribution >= 0.6 is 0 Å². The molecule has 2 rings (SSSR count). The van der Waals surface area contributed by atoms with E-state index in [1.807, 2.05) is 0 Å². The number of benzene rings is 1. The van der Waals surface area contributed by atoms with E-state index >= 15 is 0 Å².